The molecule has 0 aliphatic carbocycles. The molecule has 0 saturated heterocycles. The molecule has 2 aromatic rings. The van der Waals surface area contributed by atoms with Gasteiger partial charge in [-0.25, -0.2) is 9.48 Å². The molecule has 122 valence electrons. The summed E-state index contributed by atoms with van der Waals surface area (Å²) >= 11 is 0. The van der Waals surface area contributed by atoms with Crippen molar-refractivity contribution < 1.29 is 14.3 Å². The molecule has 0 fully saturated rings. The third-order valence-electron chi connectivity index (χ3n) is 3.81. The average molecular weight is 324 g/mol. The largest absolute Gasteiger partial charge is 0.464 e. The second-order valence-corrected chi connectivity index (χ2v) is 5.23. The normalized spacial score (nSPS) is 13.9. The van der Waals surface area contributed by atoms with E-state index in [1.807, 2.05) is 6.08 Å². The Kier molecular flexibility index (Phi) is 4.31. The van der Waals surface area contributed by atoms with Crippen LogP contribution in [-0.2, 0) is 9.47 Å². The van der Waals surface area contributed by atoms with Gasteiger partial charge in [0.1, 0.15) is 5.69 Å². The van der Waals surface area contributed by atoms with Crippen molar-refractivity contribution in [2.45, 2.75) is 6.42 Å². The van der Waals surface area contributed by atoms with Gasteiger partial charge in [-0.2, -0.15) is 10.4 Å². The fourth-order valence-corrected chi connectivity index (χ4v) is 2.57. The number of benzene rings is 1. The molecule has 0 spiro atoms. The van der Waals surface area contributed by atoms with Crippen LogP contribution in [0.5, 0.6) is 0 Å². The van der Waals surface area contributed by atoms with Gasteiger partial charge in [0.15, 0.2) is 5.69 Å². The first kappa shape index (κ1) is 15.8. The van der Waals surface area contributed by atoms with E-state index in [-0.39, 0.29) is 11.4 Å². The van der Waals surface area contributed by atoms with Crippen molar-refractivity contribution in [3.63, 3.8) is 0 Å². The summed E-state index contributed by atoms with van der Waals surface area (Å²) in [6.07, 6.45) is 2.58. The molecule has 0 atom stereocenters. The molecular weight excluding hydrogens is 308 g/mol. The van der Waals surface area contributed by atoms with Gasteiger partial charge in [0.2, 0.25) is 0 Å². The number of hydrogen-bond donors (Lipinski definition) is 1. The van der Waals surface area contributed by atoms with Crippen LogP contribution >= 0.6 is 0 Å². The highest BCUT2D eigenvalue weighted by Gasteiger charge is 2.25. The Bertz CT molecular complexity index is 844. The minimum absolute atomic E-state index is 0.171. The van der Waals surface area contributed by atoms with Gasteiger partial charge in [-0.05, 0) is 36.3 Å². The van der Waals surface area contributed by atoms with Gasteiger partial charge in [0, 0.05) is 0 Å². The summed E-state index contributed by atoms with van der Waals surface area (Å²) in [7, 11) is 1.30. The zero-order chi connectivity index (χ0) is 17.1. The predicted octanol–water partition coefficient (Wildman–Crippen LogP) is 1.92. The first-order valence-corrected chi connectivity index (χ1v) is 7.40. The van der Waals surface area contributed by atoms with Crippen molar-refractivity contribution in [1.82, 2.24) is 9.78 Å². The standard InChI is InChI=1S/C17H16N4O3/c1-23-17(22)16-14(19)15(12-6-8-24-9-7-12)20-21(16)13-4-2-11(10-18)3-5-13/h2-6H,7-9,19H2,1H3. The summed E-state index contributed by atoms with van der Waals surface area (Å²) in [6.45, 7) is 1.08. The van der Waals surface area contributed by atoms with E-state index in [0.29, 0.717) is 36.6 Å². The molecule has 7 heteroatoms. The number of aromatic nitrogens is 2. The lowest BCUT2D eigenvalue weighted by Gasteiger charge is -2.11. The number of methoxy groups -OCH3 is 1. The number of nitrogens with zero attached hydrogens (tertiary/aromatic N) is 3. The van der Waals surface area contributed by atoms with Crippen LogP contribution in [0.2, 0.25) is 0 Å². The van der Waals surface area contributed by atoms with Crippen LogP contribution in [0.15, 0.2) is 30.3 Å². The lowest BCUT2D eigenvalue weighted by Crippen LogP contribution is -2.12. The SMILES string of the molecule is COC(=O)c1c(N)c(C2=CCOCC2)nn1-c1ccc(C#N)cc1. The monoisotopic (exact) mass is 324 g/mol. The van der Waals surface area contributed by atoms with Crippen LogP contribution in [0, 0.1) is 11.3 Å². The molecule has 0 amide bonds. The van der Waals surface area contributed by atoms with E-state index < -0.39 is 5.97 Å². The van der Waals surface area contributed by atoms with Crippen molar-refractivity contribution in [3.05, 3.63) is 47.3 Å². The number of nitrogens with two attached hydrogens (primary N) is 1. The maximum atomic E-state index is 12.2. The van der Waals surface area contributed by atoms with Crippen LogP contribution in [0.1, 0.15) is 28.2 Å². The number of hydrogen-bond acceptors (Lipinski definition) is 6. The van der Waals surface area contributed by atoms with E-state index in [9.17, 15) is 4.79 Å². The fraction of sp³-hybridized carbons (Fsp3) is 0.235. The van der Waals surface area contributed by atoms with Crippen LogP contribution < -0.4 is 5.73 Å². The van der Waals surface area contributed by atoms with E-state index >= 15 is 0 Å². The van der Waals surface area contributed by atoms with Gasteiger partial charge in [0.05, 0.1) is 43.3 Å². The molecule has 1 aromatic heterocycles. The van der Waals surface area contributed by atoms with Crippen molar-refractivity contribution >= 4 is 17.2 Å². The molecular formula is C17H16N4O3. The first-order chi connectivity index (χ1) is 11.7. The van der Waals surface area contributed by atoms with Crippen LogP contribution in [-0.4, -0.2) is 36.1 Å². The molecule has 3 rings (SSSR count). The third-order valence-corrected chi connectivity index (χ3v) is 3.81. The summed E-state index contributed by atoms with van der Waals surface area (Å²) in [5.74, 6) is -0.566. The van der Waals surface area contributed by atoms with Gasteiger partial charge in [-0.1, -0.05) is 6.08 Å². The Morgan fingerprint density at radius 1 is 1.42 bits per heavy atom. The van der Waals surface area contributed by atoms with E-state index in [1.54, 1.807) is 24.3 Å². The molecule has 2 heterocycles. The van der Waals surface area contributed by atoms with Crippen molar-refractivity contribution in [3.8, 4) is 11.8 Å². The summed E-state index contributed by atoms with van der Waals surface area (Å²) in [5, 5.41) is 13.4. The fourth-order valence-electron chi connectivity index (χ4n) is 2.57. The third kappa shape index (κ3) is 2.75. The molecule has 1 aliphatic heterocycles. The zero-order valence-corrected chi connectivity index (χ0v) is 13.2. The van der Waals surface area contributed by atoms with E-state index in [4.69, 9.17) is 20.5 Å². The zero-order valence-electron chi connectivity index (χ0n) is 13.2. The van der Waals surface area contributed by atoms with Crippen molar-refractivity contribution in [2.24, 2.45) is 0 Å². The van der Waals surface area contributed by atoms with Gasteiger partial charge in [-0.15, -0.1) is 0 Å². The molecule has 0 bridgehead atoms. The number of ether oxygens (including phenoxy) is 2. The molecule has 7 nitrogen and oxygen atoms in total. The molecule has 2 N–H and O–H groups in total. The first-order valence-electron chi connectivity index (χ1n) is 7.40. The topological polar surface area (TPSA) is 103 Å². The number of carbonyl (C=O) groups excluding carboxylic acids is 1. The number of rotatable bonds is 3. The highest BCUT2D eigenvalue weighted by Crippen LogP contribution is 2.30. The summed E-state index contributed by atoms with van der Waals surface area (Å²) < 4.78 is 11.6. The Morgan fingerprint density at radius 2 is 2.17 bits per heavy atom. The van der Waals surface area contributed by atoms with Crippen LogP contribution in [0.4, 0.5) is 5.69 Å². The number of carbonyl (C=O) groups is 1. The minimum Gasteiger partial charge on any atom is -0.464 e. The Morgan fingerprint density at radius 3 is 2.75 bits per heavy atom. The number of anilines is 1. The Hall–Kier alpha value is -3.11. The molecule has 0 radical (unpaired) electrons. The summed E-state index contributed by atoms with van der Waals surface area (Å²) in [5.41, 5.74) is 9.28. The summed E-state index contributed by atoms with van der Waals surface area (Å²) in [4.78, 5) is 12.2. The van der Waals surface area contributed by atoms with E-state index in [2.05, 4.69) is 11.2 Å². The quantitative estimate of drug-likeness (QED) is 0.865. The second kappa shape index (κ2) is 6.56. The number of nitriles is 1. The maximum Gasteiger partial charge on any atom is 0.358 e. The molecule has 1 aromatic carbocycles. The smallest absolute Gasteiger partial charge is 0.358 e. The maximum absolute atomic E-state index is 12.2. The lowest BCUT2D eigenvalue weighted by molar-refractivity contribution is 0.0591. The van der Waals surface area contributed by atoms with Gasteiger partial charge >= 0.3 is 5.97 Å². The van der Waals surface area contributed by atoms with Crippen LogP contribution in [0.3, 0.4) is 0 Å². The second-order valence-electron chi connectivity index (χ2n) is 5.23. The highest BCUT2D eigenvalue weighted by atomic mass is 16.5. The number of nitrogen functional groups attached to an aromatic ring is 1. The Labute approximate surface area is 138 Å². The van der Waals surface area contributed by atoms with E-state index in [1.165, 1.54) is 11.8 Å². The molecule has 0 saturated carbocycles. The highest BCUT2D eigenvalue weighted by molar-refractivity contribution is 5.96. The molecule has 24 heavy (non-hydrogen) atoms. The molecule has 1 aliphatic rings. The van der Waals surface area contributed by atoms with Crippen LogP contribution in [0.25, 0.3) is 11.3 Å². The van der Waals surface area contributed by atoms with Gasteiger partial charge in [-0.3, -0.25) is 0 Å². The van der Waals surface area contributed by atoms with Crippen molar-refractivity contribution in [1.29, 1.82) is 5.26 Å². The van der Waals surface area contributed by atoms with Gasteiger partial charge < -0.3 is 15.2 Å². The predicted molar refractivity (Wildman–Crippen MR) is 87.4 cm³/mol. The van der Waals surface area contributed by atoms with Gasteiger partial charge in [0.25, 0.3) is 0 Å². The lowest BCUT2D eigenvalue weighted by atomic mass is 10.1. The number of esters is 1. The van der Waals surface area contributed by atoms with Crippen molar-refractivity contribution in [2.75, 3.05) is 26.1 Å². The average Bonchev–Trinajstić information content (AvgIpc) is 2.99. The summed E-state index contributed by atoms with van der Waals surface area (Å²) in [6, 6.07) is 8.78. The molecule has 0 unspecified atom stereocenters. The Balaban J connectivity index is 2.14. The minimum atomic E-state index is -0.566. The van der Waals surface area contributed by atoms with E-state index in [0.717, 1.165) is 5.57 Å².